The van der Waals surface area contributed by atoms with Crippen LogP contribution in [0, 0.1) is 17.1 Å². The fraction of sp³-hybridized carbons (Fsp3) is 0. The van der Waals surface area contributed by atoms with Crippen LogP contribution in [0.1, 0.15) is 21.5 Å². The third-order valence-electron chi connectivity index (χ3n) is 3.84. The van der Waals surface area contributed by atoms with Crippen LogP contribution in [0.3, 0.4) is 0 Å². The number of hydrogen-bond acceptors (Lipinski definition) is 3. The van der Waals surface area contributed by atoms with Gasteiger partial charge < -0.3 is 4.74 Å². The van der Waals surface area contributed by atoms with Crippen molar-refractivity contribution in [2.45, 2.75) is 0 Å². The fourth-order valence-corrected chi connectivity index (χ4v) is 2.74. The number of nitriles is 1. The van der Waals surface area contributed by atoms with Crippen molar-refractivity contribution in [3.05, 3.63) is 99.3 Å². The van der Waals surface area contributed by atoms with Crippen LogP contribution in [0.25, 0.3) is 11.6 Å². The fourth-order valence-electron chi connectivity index (χ4n) is 2.44. The quantitative estimate of drug-likeness (QED) is 0.215. The summed E-state index contributed by atoms with van der Waals surface area (Å²) in [6, 6.07) is 19.0. The summed E-state index contributed by atoms with van der Waals surface area (Å²) < 4.78 is 19.2. The third-order valence-corrected chi connectivity index (χ3v) is 4.58. The molecule has 6 heteroatoms. The van der Waals surface area contributed by atoms with Crippen molar-refractivity contribution in [1.82, 2.24) is 0 Å². The topological polar surface area (TPSA) is 50.1 Å². The summed E-state index contributed by atoms with van der Waals surface area (Å²) in [6.07, 6.45) is 1.56. The molecule has 0 amide bonds. The molecule has 0 heterocycles. The highest BCUT2D eigenvalue weighted by Gasteiger charge is 2.11. The summed E-state index contributed by atoms with van der Waals surface area (Å²) >= 11 is 11.7. The van der Waals surface area contributed by atoms with Crippen LogP contribution in [0.15, 0.2) is 66.7 Å². The summed E-state index contributed by atoms with van der Waals surface area (Å²) in [5.41, 5.74) is 1.35. The van der Waals surface area contributed by atoms with Gasteiger partial charge in [0.1, 0.15) is 11.6 Å². The third kappa shape index (κ3) is 4.58. The van der Waals surface area contributed by atoms with E-state index >= 15 is 0 Å². The van der Waals surface area contributed by atoms with Crippen LogP contribution in [0.4, 0.5) is 4.39 Å². The smallest absolute Gasteiger partial charge is 0.343 e. The van der Waals surface area contributed by atoms with Gasteiger partial charge >= 0.3 is 5.97 Å². The summed E-state index contributed by atoms with van der Waals surface area (Å²) in [4.78, 5) is 12.2. The summed E-state index contributed by atoms with van der Waals surface area (Å²) in [7, 11) is 0. The Morgan fingerprint density at radius 1 is 1.00 bits per heavy atom. The zero-order valence-corrected chi connectivity index (χ0v) is 15.8. The lowest BCUT2D eigenvalue weighted by Gasteiger charge is -2.06. The molecule has 3 aromatic carbocycles. The van der Waals surface area contributed by atoms with Gasteiger partial charge in [0, 0.05) is 5.56 Å². The molecule has 0 saturated heterocycles. The van der Waals surface area contributed by atoms with Crippen molar-refractivity contribution in [2.24, 2.45) is 0 Å². The number of benzene rings is 3. The lowest BCUT2D eigenvalue weighted by molar-refractivity contribution is 0.0735. The van der Waals surface area contributed by atoms with Gasteiger partial charge in [-0.25, -0.2) is 9.18 Å². The lowest BCUT2D eigenvalue weighted by Crippen LogP contribution is -2.08. The Morgan fingerprint density at radius 3 is 2.36 bits per heavy atom. The molecule has 0 N–H and O–H groups in total. The molecule has 0 saturated carbocycles. The molecule has 3 aromatic rings. The first kappa shape index (κ1) is 19.6. The molecular formula is C22H12Cl2FNO2. The second-order valence-corrected chi connectivity index (χ2v) is 6.55. The van der Waals surface area contributed by atoms with E-state index in [4.69, 9.17) is 27.9 Å². The van der Waals surface area contributed by atoms with Crippen molar-refractivity contribution in [3.63, 3.8) is 0 Å². The minimum Gasteiger partial charge on any atom is -0.423 e. The van der Waals surface area contributed by atoms with Crippen molar-refractivity contribution < 1.29 is 13.9 Å². The van der Waals surface area contributed by atoms with Gasteiger partial charge in [-0.1, -0.05) is 53.5 Å². The molecular weight excluding hydrogens is 400 g/mol. The maximum atomic E-state index is 13.9. The maximum absolute atomic E-state index is 13.9. The van der Waals surface area contributed by atoms with Gasteiger partial charge in [0.2, 0.25) is 0 Å². The molecule has 138 valence electrons. The average molecular weight is 412 g/mol. The highest BCUT2D eigenvalue weighted by molar-refractivity contribution is 6.42. The molecule has 0 radical (unpaired) electrons. The van der Waals surface area contributed by atoms with E-state index in [0.717, 1.165) is 0 Å². The molecule has 0 aliphatic heterocycles. The van der Waals surface area contributed by atoms with Gasteiger partial charge in [0.05, 0.1) is 27.3 Å². The van der Waals surface area contributed by atoms with Gasteiger partial charge in [-0.2, -0.15) is 5.26 Å². The molecule has 3 nitrogen and oxygen atoms in total. The van der Waals surface area contributed by atoms with E-state index in [1.807, 2.05) is 6.07 Å². The number of esters is 1. The molecule has 3 rings (SSSR count). The lowest BCUT2D eigenvalue weighted by atomic mass is 10.0. The normalized spacial score (nSPS) is 11.0. The second kappa shape index (κ2) is 8.71. The van der Waals surface area contributed by atoms with Crippen LogP contribution in [-0.4, -0.2) is 5.97 Å². The molecule has 0 aliphatic carbocycles. The van der Waals surface area contributed by atoms with Crippen molar-refractivity contribution >= 4 is 40.8 Å². The molecule has 0 fully saturated rings. The number of allylic oxidation sites excluding steroid dienone is 1. The van der Waals surface area contributed by atoms with Gasteiger partial charge in [0.25, 0.3) is 0 Å². The molecule has 0 unspecified atom stereocenters. The second-order valence-electron chi connectivity index (χ2n) is 5.74. The van der Waals surface area contributed by atoms with E-state index in [9.17, 15) is 14.4 Å². The zero-order chi connectivity index (χ0) is 20.1. The van der Waals surface area contributed by atoms with Gasteiger partial charge in [-0.15, -0.1) is 0 Å². The zero-order valence-electron chi connectivity index (χ0n) is 14.3. The Balaban J connectivity index is 1.78. The van der Waals surface area contributed by atoms with E-state index in [1.54, 1.807) is 42.5 Å². The first-order valence-corrected chi connectivity index (χ1v) is 8.87. The first-order chi connectivity index (χ1) is 13.5. The highest BCUT2D eigenvalue weighted by atomic mass is 35.5. The molecule has 0 atom stereocenters. The number of halogens is 3. The molecule has 0 bridgehead atoms. The first-order valence-electron chi connectivity index (χ1n) is 8.12. The average Bonchev–Trinajstić information content (AvgIpc) is 2.70. The van der Waals surface area contributed by atoms with Crippen molar-refractivity contribution in [3.8, 4) is 11.8 Å². The van der Waals surface area contributed by atoms with Crippen LogP contribution < -0.4 is 4.74 Å². The molecule has 0 aliphatic rings. The van der Waals surface area contributed by atoms with Crippen LogP contribution >= 0.6 is 23.2 Å². The summed E-state index contributed by atoms with van der Waals surface area (Å²) in [5.74, 6) is -0.731. The monoisotopic (exact) mass is 411 g/mol. The number of rotatable bonds is 4. The van der Waals surface area contributed by atoms with E-state index in [0.29, 0.717) is 16.3 Å². The molecule has 28 heavy (non-hydrogen) atoms. The highest BCUT2D eigenvalue weighted by Crippen LogP contribution is 2.24. The number of nitrogens with zero attached hydrogens (tertiary/aromatic N) is 1. The van der Waals surface area contributed by atoms with Gasteiger partial charge in [0.15, 0.2) is 0 Å². The summed E-state index contributed by atoms with van der Waals surface area (Å²) in [6.45, 7) is 0. The minimum atomic E-state index is -0.578. The van der Waals surface area contributed by atoms with E-state index in [1.165, 1.54) is 30.3 Å². The van der Waals surface area contributed by atoms with Gasteiger partial charge in [-0.3, -0.25) is 0 Å². The molecule has 0 aromatic heterocycles. The number of carbonyl (C=O) groups excluding carboxylic acids is 1. The predicted molar refractivity (Wildman–Crippen MR) is 108 cm³/mol. The standard InChI is InChI=1S/C22H12Cl2FNO2/c23-19-10-7-15(12-20(19)24)22(27)28-17-8-5-14(6-9-17)11-16(13-26)18-3-1-2-4-21(18)25/h1-12H/b16-11-. The number of ether oxygens (including phenoxy) is 1. The largest absolute Gasteiger partial charge is 0.423 e. The molecule has 0 spiro atoms. The Hall–Kier alpha value is -3.13. The van der Waals surface area contributed by atoms with Crippen LogP contribution in [-0.2, 0) is 0 Å². The van der Waals surface area contributed by atoms with Crippen LogP contribution in [0.2, 0.25) is 10.0 Å². The Morgan fingerprint density at radius 2 is 1.71 bits per heavy atom. The van der Waals surface area contributed by atoms with Crippen LogP contribution in [0.5, 0.6) is 5.75 Å². The maximum Gasteiger partial charge on any atom is 0.343 e. The van der Waals surface area contributed by atoms with Gasteiger partial charge in [-0.05, 0) is 48.0 Å². The summed E-state index contributed by atoms with van der Waals surface area (Å²) in [5, 5.41) is 9.94. The van der Waals surface area contributed by atoms with Crippen molar-refractivity contribution in [2.75, 3.05) is 0 Å². The predicted octanol–water partition coefficient (Wildman–Crippen LogP) is 6.42. The Kier molecular flexibility index (Phi) is 6.10. The minimum absolute atomic E-state index is 0.193. The van der Waals surface area contributed by atoms with Crippen molar-refractivity contribution in [1.29, 1.82) is 5.26 Å². The Labute approximate surface area is 171 Å². The van der Waals surface area contributed by atoms with E-state index in [-0.39, 0.29) is 21.7 Å². The Bertz CT molecular complexity index is 1100. The van der Waals surface area contributed by atoms with E-state index < -0.39 is 11.8 Å². The SMILES string of the molecule is N#C/C(=C/c1ccc(OC(=O)c2ccc(Cl)c(Cl)c2)cc1)c1ccccc1F. The number of carbonyl (C=O) groups is 1. The van der Waals surface area contributed by atoms with E-state index in [2.05, 4.69) is 0 Å². The number of hydrogen-bond donors (Lipinski definition) is 0.